The topological polar surface area (TPSA) is 72.5 Å². The summed E-state index contributed by atoms with van der Waals surface area (Å²) >= 11 is 0. The molecule has 1 aliphatic rings. The minimum Gasteiger partial charge on any atom is -0.320 e. The number of benzene rings is 2. The Kier molecular flexibility index (Phi) is 5.39. The second kappa shape index (κ2) is 7.44. The van der Waals surface area contributed by atoms with Crippen LogP contribution in [0.25, 0.3) is 11.1 Å². The van der Waals surface area contributed by atoms with Crippen molar-refractivity contribution >= 4 is 15.6 Å². The summed E-state index contributed by atoms with van der Waals surface area (Å²) in [5, 5.41) is 0. The average Bonchev–Trinajstić information content (AvgIpc) is 2.63. The lowest BCUT2D eigenvalue weighted by molar-refractivity contribution is -0.138. The van der Waals surface area contributed by atoms with Gasteiger partial charge in [0.2, 0.25) is 0 Å². The van der Waals surface area contributed by atoms with Crippen LogP contribution in [0.2, 0.25) is 0 Å². The zero-order valence-corrected chi connectivity index (χ0v) is 15.2. The van der Waals surface area contributed by atoms with E-state index < -0.39 is 33.4 Å². The molecule has 3 rings (SSSR count). The van der Waals surface area contributed by atoms with Crippen LogP contribution in [0.5, 0.6) is 0 Å². The smallest absolute Gasteiger partial charge is 0.320 e. The number of nitrogens with zero attached hydrogens (tertiary/aromatic N) is 1. The number of rotatable bonds is 4. The van der Waals surface area contributed by atoms with Crippen molar-refractivity contribution in [1.82, 2.24) is 0 Å². The van der Waals surface area contributed by atoms with E-state index in [1.165, 1.54) is 12.1 Å². The van der Waals surface area contributed by atoms with E-state index in [9.17, 15) is 22.2 Å². The van der Waals surface area contributed by atoms with Crippen LogP contribution in [0.4, 0.5) is 13.2 Å². The van der Waals surface area contributed by atoms with E-state index in [-0.39, 0.29) is 29.9 Å². The van der Waals surface area contributed by atoms with Crippen LogP contribution in [-0.2, 0) is 27.1 Å². The number of carbonyl (C=O) groups is 1. The Morgan fingerprint density at radius 3 is 2.44 bits per heavy atom. The number of amides is 1. The molecule has 0 radical (unpaired) electrons. The molecule has 1 aliphatic heterocycles. The van der Waals surface area contributed by atoms with Crippen LogP contribution in [0.1, 0.15) is 17.5 Å². The number of nitrogens with two attached hydrogens (primary N) is 1. The SMILES string of the molecule is N[C@H]1CCS(=O)(CCc2cc(-c3ccccc3)ccc2C(F)(F)F)=NC1=O. The molecule has 4 nitrogen and oxygen atoms in total. The number of hydrogen-bond donors (Lipinski definition) is 1. The fourth-order valence-corrected chi connectivity index (χ4v) is 5.03. The molecule has 2 N–H and O–H groups in total. The van der Waals surface area contributed by atoms with Crippen LogP contribution in [0, 0.1) is 0 Å². The summed E-state index contributed by atoms with van der Waals surface area (Å²) < 4.78 is 56.6. The fourth-order valence-electron chi connectivity index (χ4n) is 3.02. The second-order valence-corrected chi connectivity index (χ2v) is 9.04. The maximum absolute atomic E-state index is 13.4. The first kappa shape index (κ1) is 19.6. The fraction of sp³-hybridized carbons (Fsp3) is 0.316. The molecule has 2 atom stereocenters. The first-order chi connectivity index (χ1) is 12.7. The van der Waals surface area contributed by atoms with Gasteiger partial charge in [0.25, 0.3) is 5.91 Å². The van der Waals surface area contributed by atoms with Gasteiger partial charge in [0.1, 0.15) is 0 Å². The average molecular weight is 396 g/mol. The lowest BCUT2D eigenvalue weighted by Gasteiger charge is -2.19. The third kappa shape index (κ3) is 4.56. The first-order valence-electron chi connectivity index (χ1n) is 8.45. The number of alkyl halides is 3. The molecule has 1 heterocycles. The summed E-state index contributed by atoms with van der Waals surface area (Å²) in [4.78, 5) is 11.6. The van der Waals surface area contributed by atoms with Crippen LogP contribution in [0.15, 0.2) is 52.9 Å². The summed E-state index contributed by atoms with van der Waals surface area (Å²) in [6.07, 6.45) is -4.37. The quantitative estimate of drug-likeness (QED) is 0.858. The highest BCUT2D eigenvalue weighted by atomic mass is 32.2. The van der Waals surface area contributed by atoms with Crippen molar-refractivity contribution in [3.63, 3.8) is 0 Å². The van der Waals surface area contributed by atoms with Gasteiger partial charge >= 0.3 is 6.18 Å². The van der Waals surface area contributed by atoms with E-state index in [0.29, 0.717) is 5.56 Å². The highest BCUT2D eigenvalue weighted by molar-refractivity contribution is 7.93. The summed E-state index contributed by atoms with van der Waals surface area (Å²) in [7, 11) is -2.88. The van der Waals surface area contributed by atoms with Gasteiger partial charge < -0.3 is 5.73 Å². The molecule has 27 heavy (non-hydrogen) atoms. The highest BCUT2D eigenvalue weighted by Crippen LogP contribution is 2.35. The van der Waals surface area contributed by atoms with Crippen molar-refractivity contribution in [3.8, 4) is 11.1 Å². The largest absolute Gasteiger partial charge is 0.416 e. The molecule has 1 unspecified atom stereocenters. The lowest BCUT2D eigenvalue weighted by atomic mass is 9.97. The summed E-state index contributed by atoms with van der Waals surface area (Å²) in [5.74, 6) is -0.618. The predicted molar refractivity (Wildman–Crippen MR) is 98.5 cm³/mol. The normalized spacial score (nSPS) is 23.1. The molecule has 0 fully saturated rings. The van der Waals surface area contributed by atoms with Gasteiger partial charge in [0, 0.05) is 11.5 Å². The molecule has 144 valence electrons. The van der Waals surface area contributed by atoms with Crippen molar-refractivity contribution in [2.45, 2.75) is 25.1 Å². The van der Waals surface area contributed by atoms with Crippen molar-refractivity contribution in [1.29, 1.82) is 0 Å². The minimum atomic E-state index is -4.52. The van der Waals surface area contributed by atoms with Gasteiger partial charge in [-0.3, -0.25) is 4.79 Å². The molecule has 2 aromatic carbocycles. The Morgan fingerprint density at radius 2 is 1.81 bits per heavy atom. The van der Waals surface area contributed by atoms with Gasteiger partial charge in [-0.2, -0.15) is 17.5 Å². The molecule has 8 heteroatoms. The molecular formula is C19H19F3N2O2S. The molecular weight excluding hydrogens is 377 g/mol. The minimum absolute atomic E-state index is 0.0455. The molecule has 0 spiro atoms. The second-order valence-electron chi connectivity index (χ2n) is 6.49. The Morgan fingerprint density at radius 1 is 1.11 bits per heavy atom. The predicted octanol–water partition coefficient (Wildman–Crippen LogP) is 3.64. The van der Waals surface area contributed by atoms with Gasteiger partial charge in [0.05, 0.1) is 21.3 Å². The third-order valence-electron chi connectivity index (χ3n) is 4.53. The van der Waals surface area contributed by atoms with Crippen molar-refractivity contribution in [2.24, 2.45) is 10.1 Å². The van der Waals surface area contributed by atoms with Crippen LogP contribution in [-0.4, -0.2) is 27.7 Å². The molecule has 0 saturated carbocycles. The maximum Gasteiger partial charge on any atom is 0.416 e. The van der Waals surface area contributed by atoms with Gasteiger partial charge in [-0.05, 0) is 35.6 Å². The monoisotopic (exact) mass is 396 g/mol. The van der Waals surface area contributed by atoms with E-state index in [2.05, 4.69) is 4.36 Å². The van der Waals surface area contributed by atoms with E-state index in [4.69, 9.17) is 5.73 Å². The number of halogens is 3. The maximum atomic E-state index is 13.4. The number of aryl methyl sites for hydroxylation is 1. The molecule has 0 saturated heterocycles. The summed E-state index contributed by atoms with van der Waals surface area (Å²) in [6, 6.07) is 12.2. The van der Waals surface area contributed by atoms with Crippen LogP contribution >= 0.6 is 0 Å². The molecule has 0 aliphatic carbocycles. The van der Waals surface area contributed by atoms with Gasteiger partial charge in [0.15, 0.2) is 0 Å². The zero-order chi connectivity index (χ0) is 19.7. The molecule has 2 aromatic rings. The molecule has 1 amide bonds. The Labute approximate surface area is 155 Å². The standard InChI is InChI=1S/C19H19F3N2O2S/c20-19(21,22)16-7-6-14(13-4-2-1-3-5-13)12-15(16)8-10-27(26)11-9-17(23)18(25)24-27/h1-7,12,17H,8-11,23H2/t17-,27?/m0/s1. The van der Waals surface area contributed by atoms with Crippen molar-refractivity contribution in [3.05, 3.63) is 59.7 Å². The molecule has 0 bridgehead atoms. The zero-order valence-electron chi connectivity index (χ0n) is 14.4. The van der Waals surface area contributed by atoms with Gasteiger partial charge in [-0.25, -0.2) is 4.21 Å². The Balaban J connectivity index is 1.94. The number of carbonyl (C=O) groups excluding carboxylic acids is 1. The molecule has 0 aromatic heterocycles. The van der Waals surface area contributed by atoms with Crippen LogP contribution < -0.4 is 5.73 Å². The van der Waals surface area contributed by atoms with Crippen molar-refractivity contribution in [2.75, 3.05) is 11.5 Å². The van der Waals surface area contributed by atoms with Gasteiger partial charge in [-0.1, -0.05) is 42.5 Å². The third-order valence-corrected chi connectivity index (χ3v) is 6.76. The van der Waals surface area contributed by atoms with E-state index in [0.717, 1.165) is 11.6 Å². The highest BCUT2D eigenvalue weighted by Gasteiger charge is 2.34. The van der Waals surface area contributed by atoms with Gasteiger partial charge in [-0.15, -0.1) is 0 Å². The number of hydrogen-bond acceptors (Lipinski definition) is 3. The van der Waals surface area contributed by atoms with E-state index in [1.807, 2.05) is 18.2 Å². The van der Waals surface area contributed by atoms with E-state index in [1.54, 1.807) is 12.1 Å². The van der Waals surface area contributed by atoms with E-state index >= 15 is 0 Å². The summed E-state index contributed by atoms with van der Waals surface area (Å²) in [6.45, 7) is 0. The Hall–Kier alpha value is -2.19. The first-order valence-corrected chi connectivity index (χ1v) is 10.3. The Bertz CT molecular complexity index is 965. The lowest BCUT2D eigenvalue weighted by Crippen LogP contribution is -2.37. The summed E-state index contributed by atoms with van der Waals surface area (Å²) in [5.41, 5.74) is 6.28. The van der Waals surface area contributed by atoms with Crippen LogP contribution in [0.3, 0.4) is 0 Å². The van der Waals surface area contributed by atoms with Crippen molar-refractivity contribution < 1.29 is 22.2 Å².